The molecule has 0 aliphatic carbocycles. The largest absolute Gasteiger partial charge is 0.393 e. The van der Waals surface area contributed by atoms with Gasteiger partial charge in [0.05, 0.1) is 4.92 Å². The van der Waals surface area contributed by atoms with Gasteiger partial charge in [-0.05, 0) is 36.8 Å². The second-order valence-electron chi connectivity index (χ2n) is 4.73. The summed E-state index contributed by atoms with van der Waals surface area (Å²) in [5, 5.41) is 10.7. The molecule has 6 nitrogen and oxygen atoms in total. The Hall–Kier alpha value is -2.89. The van der Waals surface area contributed by atoms with Gasteiger partial charge in [0, 0.05) is 24.4 Å². The lowest BCUT2D eigenvalue weighted by Gasteiger charge is -2.18. The van der Waals surface area contributed by atoms with Gasteiger partial charge in [-0.2, -0.15) is 0 Å². The number of anilines is 2. The first-order valence-electron chi connectivity index (χ1n) is 6.29. The molecule has 0 aromatic heterocycles. The maximum atomic E-state index is 12.4. The number of aryl methyl sites for hydroxylation is 1. The van der Waals surface area contributed by atoms with E-state index in [1.54, 1.807) is 7.05 Å². The molecular weight excluding hydrogens is 270 g/mol. The predicted octanol–water partition coefficient (Wildman–Crippen LogP) is 2.76. The molecular formula is C15H15N3O3. The van der Waals surface area contributed by atoms with E-state index in [1.807, 2.05) is 31.2 Å². The number of hydrogen-bond acceptors (Lipinski definition) is 4. The van der Waals surface area contributed by atoms with Crippen molar-refractivity contribution in [2.45, 2.75) is 6.92 Å². The number of amides is 1. The molecule has 0 aliphatic heterocycles. The Bertz CT molecular complexity index is 713. The molecule has 0 fully saturated rings. The zero-order chi connectivity index (χ0) is 15.6. The van der Waals surface area contributed by atoms with Crippen LogP contribution in [0.4, 0.5) is 17.1 Å². The summed E-state index contributed by atoms with van der Waals surface area (Å²) in [6.45, 7) is 1.94. The second kappa shape index (κ2) is 5.62. The van der Waals surface area contributed by atoms with Crippen LogP contribution in [0.25, 0.3) is 0 Å². The van der Waals surface area contributed by atoms with E-state index in [2.05, 4.69) is 0 Å². The molecule has 0 spiro atoms. The van der Waals surface area contributed by atoms with Crippen molar-refractivity contribution in [1.29, 1.82) is 0 Å². The molecule has 2 rings (SSSR count). The van der Waals surface area contributed by atoms with Crippen LogP contribution in [-0.2, 0) is 0 Å². The highest BCUT2D eigenvalue weighted by atomic mass is 16.6. The number of carbonyl (C=O) groups excluding carboxylic acids is 1. The van der Waals surface area contributed by atoms with Crippen molar-refractivity contribution in [2.24, 2.45) is 0 Å². The third kappa shape index (κ3) is 3.00. The van der Waals surface area contributed by atoms with Crippen molar-refractivity contribution in [2.75, 3.05) is 17.7 Å². The minimum Gasteiger partial charge on any atom is -0.393 e. The number of hydrogen-bond donors (Lipinski definition) is 1. The van der Waals surface area contributed by atoms with E-state index in [9.17, 15) is 14.9 Å². The van der Waals surface area contributed by atoms with Gasteiger partial charge in [-0.1, -0.05) is 12.1 Å². The minimum absolute atomic E-state index is 0.0245. The Morgan fingerprint density at radius 3 is 2.52 bits per heavy atom. The van der Waals surface area contributed by atoms with E-state index in [1.165, 1.54) is 23.1 Å². The topological polar surface area (TPSA) is 89.5 Å². The number of rotatable bonds is 3. The molecule has 0 saturated heterocycles. The molecule has 1 amide bonds. The normalized spacial score (nSPS) is 10.2. The summed E-state index contributed by atoms with van der Waals surface area (Å²) in [6.07, 6.45) is 0. The van der Waals surface area contributed by atoms with Crippen LogP contribution in [0.5, 0.6) is 0 Å². The Labute approximate surface area is 121 Å². The molecule has 0 unspecified atom stereocenters. The first-order valence-corrected chi connectivity index (χ1v) is 6.29. The quantitative estimate of drug-likeness (QED) is 0.533. The minimum atomic E-state index is -0.576. The van der Waals surface area contributed by atoms with Crippen molar-refractivity contribution < 1.29 is 9.72 Å². The third-order valence-corrected chi connectivity index (χ3v) is 3.16. The van der Waals surface area contributed by atoms with Crippen LogP contribution in [0.1, 0.15) is 15.9 Å². The van der Waals surface area contributed by atoms with Gasteiger partial charge < -0.3 is 10.6 Å². The van der Waals surface area contributed by atoms with Gasteiger partial charge in [-0.15, -0.1) is 0 Å². The number of nitrogen functional groups attached to an aromatic ring is 1. The van der Waals surface area contributed by atoms with Crippen molar-refractivity contribution in [3.63, 3.8) is 0 Å². The van der Waals surface area contributed by atoms with Gasteiger partial charge >= 0.3 is 0 Å². The number of nitro groups is 1. The lowest BCUT2D eigenvalue weighted by molar-refractivity contribution is -0.383. The van der Waals surface area contributed by atoms with Crippen LogP contribution in [0.15, 0.2) is 42.5 Å². The van der Waals surface area contributed by atoms with Gasteiger partial charge in [0.2, 0.25) is 0 Å². The van der Waals surface area contributed by atoms with Crippen molar-refractivity contribution in [1.82, 2.24) is 0 Å². The van der Waals surface area contributed by atoms with E-state index in [0.29, 0.717) is 5.56 Å². The number of benzene rings is 2. The van der Waals surface area contributed by atoms with E-state index in [-0.39, 0.29) is 17.3 Å². The van der Waals surface area contributed by atoms with E-state index in [4.69, 9.17) is 5.73 Å². The van der Waals surface area contributed by atoms with Gasteiger partial charge in [0.1, 0.15) is 5.69 Å². The second-order valence-corrected chi connectivity index (χ2v) is 4.73. The van der Waals surface area contributed by atoms with Gasteiger partial charge in [-0.25, -0.2) is 0 Å². The lowest BCUT2D eigenvalue weighted by atomic mass is 10.1. The summed E-state index contributed by atoms with van der Waals surface area (Å²) in [7, 11) is 1.65. The summed E-state index contributed by atoms with van der Waals surface area (Å²) >= 11 is 0. The summed E-state index contributed by atoms with van der Waals surface area (Å²) in [4.78, 5) is 24.0. The maximum Gasteiger partial charge on any atom is 0.292 e. The molecule has 0 bridgehead atoms. The fourth-order valence-electron chi connectivity index (χ4n) is 2.00. The molecule has 0 radical (unpaired) electrons. The molecule has 6 heteroatoms. The Balaban J connectivity index is 2.32. The molecule has 2 aromatic carbocycles. The van der Waals surface area contributed by atoms with Crippen LogP contribution in [0.3, 0.4) is 0 Å². The first kappa shape index (κ1) is 14.5. The molecule has 108 valence electrons. The summed E-state index contributed by atoms with van der Waals surface area (Å²) in [5.41, 5.74) is 7.47. The van der Waals surface area contributed by atoms with Crippen LogP contribution in [0.2, 0.25) is 0 Å². The smallest absolute Gasteiger partial charge is 0.292 e. The summed E-state index contributed by atoms with van der Waals surface area (Å²) < 4.78 is 0. The fourth-order valence-corrected chi connectivity index (χ4v) is 2.00. The van der Waals surface area contributed by atoms with Crippen molar-refractivity contribution in [3.8, 4) is 0 Å². The van der Waals surface area contributed by atoms with E-state index < -0.39 is 4.92 Å². The van der Waals surface area contributed by atoms with Gasteiger partial charge in [-0.3, -0.25) is 14.9 Å². The Morgan fingerprint density at radius 1 is 1.24 bits per heavy atom. The number of nitro benzene ring substituents is 1. The molecule has 2 aromatic rings. The molecule has 21 heavy (non-hydrogen) atoms. The first-order chi connectivity index (χ1) is 9.90. The molecule has 0 saturated carbocycles. The van der Waals surface area contributed by atoms with Gasteiger partial charge in [0.25, 0.3) is 11.6 Å². The molecule has 0 aliphatic rings. The molecule has 0 heterocycles. The van der Waals surface area contributed by atoms with E-state index in [0.717, 1.165) is 11.3 Å². The Kier molecular flexibility index (Phi) is 3.89. The average Bonchev–Trinajstić information content (AvgIpc) is 2.45. The number of nitrogens with two attached hydrogens (primary N) is 1. The maximum absolute atomic E-state index is 12.4. The highest BCUT2D eigenvalue weighted by molar-refractivity contribution is 6.06. The lowest BCUT2D eigenvalue weighted by Crippen LogP contribution is -2.26. The van der Waals surface area contributed by atoms with Gasteiger partial charge in [0.15, 0.2) is 0 Å². The highest BCUT2D eigenvalue weighted by Gasteiger charge is 2.18. The fraction of sp³-hybridized carbons (Fsp3) is 0.133. The third-order valence-electron chi connectivity index (χ3n) is 3.16. The Morgan fingerprint density at radius 2 is 1.95 bits per heavy atom. The summed E-state index contributed by atoms with van der Waals surface area (Å²) in [6, 6.07) is 11.5. The molecule has 0 atom stereocenters. The standard InChI is InChI=1S/C15H15N3O3/c1-10-4-3-5-12(8-10)17(2)15(19)11-6-7-14(18(20)21)13(16)9-11/h3-9H,16H2,1-2H3. The predicted molar refractivity (Wildman–Crippen MR) is 81.4 cm³/mol. The van der Waals surface area contributed by atoms with E-state index >= 15 is 0 Å². The van der Waals surface area contributed by atoms with Crippen LogP contribution < -0.4 is 10.6 Å². The monoisotopic (exact) mass is 285 g/mol. The number of nitrogens with zero attached hydrogens (tertiary/aromatic N) is 2. The number of carbonyl (C=O) groups is 1. The van der Waals surface area contributed by atoms with Crippen LogP contribution in [0, 0.1) is 17.0 Å². The van der Waals surface area contributed by atoms with Crippen molar-refractivity contribution in [3.05, 3.63) is 63.7 Å². The summed E-state index contributed by atoms with van der Waals surface area (Å²) in [5.74, 6) is -0.276. The SMILES string of the molecule is Cc1cccc(N(C)C(=O)c2ccc([N+](=O)[O-])c(N)c2)c1. The zero-order valence-electron chi connectivity index (χ0n) is 11.7. The molecule has 2 N–H and O–H groups in total. The average molecular weight is 285 g/mol. The van der Waals surface area contributed by atoms with Crippen LogP contribution >= 0.6 is 0 Å². The van der Waals surface area contributed by atoms with Crippen LogP contribution in [-0.4, -0.2) is 17.9 Å². The highest BCUT2D eigenvalue weighted by Crippen LogP contribution is 2.24. The van der Waals surface area contributed by atoms with Crippen molar-refractivity contribution >= 4 is 23.0 Å². The zero-order valence-corrected chi connectivity index (χ0v) is 11.7.